The number of hydrogen-bond acceptors (Lipinski definition) is 4. The molecule has 0 saturated carbocycles. The van der Waals surface area contributed by atoms with Crippen LogP contribution in [0.5, 0.6) is 0 Å². The Morgan fingerprint density at radius 1 is 1.24 bits per heavy atom. The van der Waals surface area contributed by atoms with Gasteiger partial charge in [-0.3, -0.25) is 4.79 Å². The fourth-order valence-corrected chi connectivity index (χ4v) is 7.38. The smallest absolute Gasteiger partial charge is 0.251 e. The molecule has 25 heavy (non-hydrogen) atoms. The summed E-state index contributed by atoms with van der Waals surface area (Å²) in [5.74, 6) is 0.172. The van der Waals surface area contributed by atoms with E-state index in [2.05, 4.69) is 4.99 Å². The Balaban J connectivity index is 1.87. The average Bonchev–Trinajstić information content (AvgIpc) is 3.02. The van der Waals surface area contributed by atoms with E-state index in [1.165, 1.54) is 11.8 Å². The van der Waals surface area contributed by atoms with Gasteiger partial charge in [-0.1, -0.05) is 55.9 Å². The highest BCUT2D eigenvalue weighted by Crippen LogP contribution is 2.39. The van der Waals surface area contributed by atoms with Crippen molar-refractivity contribution in [1.82, 2.24) is 4.90 Å². The molecule has 136 valence electrons. The second-order valence-corrected chi connectivity index (χ2v) is 10.0. The quantitative estimate of drug-likeness (QED) is 0.786. The second-order valence-electron chi connectivity index (χ2n) is 6.66. The van der Waals surface area contributed by atoms with E-state index in [1.807, 2.05) is 49.1 Å². The van der Waals surface area contributed by atoms with Crippen molar-refractivity contribution in [2.75, 3.05) is 11.5 Å². The third kappa shape index (κ3) is 4.08. The Morgan fingerprint density at radius 3 is 2.56 bits per heavy atom. The second kappa shape index (κ2) is 7.50. The van der Waals surface area contributed by atoms with Gasteiger partial charge in [-0.2, -0.15) is 4.99 Å². The molecular weight excluding hydrogens is 356 g/mol. The topological polar surface area (TPSA) is 66.8 Å². The fourth-order valence-electron chi connectivity index (χ4n) is 3.42. The maximum atomic E-state index is 12.5. The highest BCUT2D eigenvalue weighted by molar-refractivity contribution is 8.15. The molecule has 3 rings (SSSR count). The largest absolute Gasteiger partial charge is 0.342 e. The molecule has 1 aromatic rings. The van der Waals surface area contributed by atoms with Crippen LogP contribution in [0.25, 0.3) is 0 Å². The summed E-state index contributed by atoms with van der Waals surface area (Å²) in [6, 6.07) is 9.82. The molecule has 2 aliphatic rings. The summed E-state index contributed by atoms with van der Waals surface area (Å²) in [5, 5.41) is 0.660. The van der Waals surface area contributed by atoms with Gasteiger partial charge in [-0.15, -0.1) is 0 Å². The van der Waals surface area contributed by atoms with E-state index in [-0.39, 0.29) is 34.6 Å². The summed E-state index contributed by atoms with van der Waals surface area (Å²) in [6.07, 6.45) is 1.55. The lowest BCUT2D eigenvalue weighted by molar-refractivity contribution is -0.121. The minimum Gasteiger partial charge on any atom is -0.342 e. The van der Waals surface area contributed by atoms with Crippen LogP contribution in [0.4, 0.5) is 0 Å². The normalized spacial score (nSPS) is 26.4. The maximum Gasteiger partial charge on any atom is 0.251 e. The van der Waals surface area contributed by atoms with Gasteiger partial charge >= 0.3 is 0 Å². The fraction of sp³-hybridized carbons (Fsp3) is 0.556. The number of sulfone groups is 1. The number of fused-ring (bicyclic) bond motifs is 1. The molecule has 2 aliphatic heterocycles. The zero-order valence-corrected chi connectivity index (χ0v) is 16.2. The van der Waals surface area contributed by atoms with E-state index in [1.54, 1.807) is 0 Å². The van der Waals surface area contributed by atoms with Crippen LogP contribution in [0.1, 0.15) is 32.3 Å². The number of amides is 1. The highest BCUT2D eigenvalue weighted by atomic mass is 32.2. The molecule has 0 spiro atoms. The van der Waals surface area contributed by atoms with Crippen molar-refractivity contribution in [3.63, 3.8) is 0 Å². The van der Waals surface area contributed by atoms with Crippen LogP contribution in [-0.4, -0.2) is 47.2 Å². The lowest BCUT2D eigenvalue weighted by Gasteiger charge is -2.24. The summed E-state index contributed by atoms with van der Waals surface area (Å²) in [4.78, 5) is 18.9. The predicted molar refractivity (Wildman–Crippen MR) is 102 cm³/mol. The Bertz CT molecular complexity index is 758. The highest BCUT2D eigenvalue weighted by Gasteiger charge is 2.48. The number of thioether (sulfide) groups is 1. The number of carbonyl (C=O) groups excluding carboxylic acids is 1. The first kappa shape index (κ1) is 18.5. The number of aliphatic imine (C=N–C) groups is 1. The van der Waals surface area contributed by atoms with Crippen LogP contribution in [0, 0.1) is 5.92 Å². The monoisotopic (exact) mass is 380 g/mol. The summed E-state index contributed by atoms with van der Waals surface area (Å²) in [5.41, 5.74) is 1.09. The van der Waals surface area contributed by atoms with Crippen LogP contribution in [0.15, 0.2) is 35.3 Å². The molecule has 2 fully saturated rings. The number of benzene rings is 1. The first-order chi connectivity index (χ1) is 11.9. The average molecular weight is 381 g/mol. The van der Waals surface area contributed by atoms with E-state index in [9.17, 15) is 13.2 Å². The maximum absolute atomic E-state index is 12.5. The van der Waals surface area contributed by atoms with E-state index in [0.29, 0.717) is 11.7 Å². The van der Waals surface area contributed by atoms with E-state index < -0.39 is 9.84 Å². The summed E-state index contributed by atoms with van der Waals surface area (Å²) < 4.78 is 24.1. The molecule has 1 aromatic carbocycles. The number of nitrogens with zero attached hydrogens (tertiary/aromatic N) is 2. The zero-order valence-electron chi connectivity index (χ0n) is 14.6. The van der Waals surface area contributed by atoms with Gasteiger partial charge in [0.15, 0.2) is 15.0 Å². The molecule has 1 amide bonds. The predicted octanol–water partition coefficient (Wildman–Crippen LogP) is 2.72. The van der Waals surface area contributed by atoms with Gasteiger partial charge in [-0.05, 0) is 18.4 Å². The third-order valence-corrected chi connectivity index (χ3v) is 8.16. The molecular formula is C18H24N2O3S2. The minimum absolute atomic E-state index is 0.0260. The molecule has 2 atom stereocenters. The first-order valence-corrected chi connectivity index (χ1v) is 11.4. The zero-order chi connectivity index (χ0) is 18.0. The van der Waals surface area contributed by atoms with Crippen LogP contribution < -0.4 is 0 Å². The number of hydrogen-bond donors (Lipinski definition) is 0. The van der Waals surface area contributed by atoms with Gasteiger partial charge in [0, 0.05) is 17.7 Å². The van der Waals surface area contributed by atoms with Crippen molar-refractivity contribution < 1.29 is 13.2 Å². The molecule has 2 saturated heterocycles. The van der Waals surface area contributed by atoms with E-state index >= 15 is 0 Å². The molecule has 0 aromatic heterocycles. The van der Waals surface area contributed by atoms with Crippen LogP contribution >= 0.6 is 11.8 Å². The first-order valence-electron chi connectivity index (χ1n) is 8.73. The van der Waals surface area contributed by atoms with Crippen LogP contribution in [-0.2, 0) is 21.2 Å². The van der Waals surface area contributed by atoms with Crippen molar-refractivity contribution in [1.29, 1.82) is 0 Å². The molecule has 0 radical (unpaired) electrons. The number of carbonyl (C=O) groups is 1. The van der Waals surface area contributed by atoms with Crippen molar-refractivity contribution >= 4 is 32.7 Å². The Hall–Kier alpha value is -1.34. The molecule has 5 nitrogen and oxygen atoms in total. The molecule has 0 aliphatic carbocycles. The van der Waals surface area contributed by atoms with Crippen molar-refractivity contribution in [3.8, 4) is 0 Å². The molecule has 0 unspecified atom stereocenters. The van der Waals surface area contributed by atoms with Gasteiger partial charge in [0.05, 0.1) is 17.5 Å². The molecule has 7 heteroatoms. The summed E-state index contributed by atoms with van der Waals surface area (Å²) >= 11 is 1.45. The molecule has 2 heterocycles. The molecule has 0 bridgehead atoms. The van der Waals surface area contributed by atoms with E-state index in [4.69, 9.17) is 0 Å². The van der Waals surface area contributed by atoms with Gasteiger partial charge in [0.25, 0.3) is 5.91 Å². The lowest BCUT2D eigenvalue weighted by atomic mass is 10.0. The number of amidine groups is 1. The Labute approximate surface area is 153 Å². The van der Waals surface area contributed by atoms with Gasteiger partial charge in [0.2, 0.25) is 0 Å². The van der Waals surface area contributed by atoms with Gasteiger partial charge in [-0.25, -0.2) is 8.42 Å². The Kier molecular flexibility index (Phi) is 5.53. The van der Waals surface area contributed by atoms with Crippen molar-refractivity contribution in [2.24, 2.45) is 10.9 Å². The van der Waals surface area contributed by atoms with Gasteiger partial charge in [0.1, 0.15) is 0 Å². The van der Waals surface area contributed by atoms with Crippen LogP contribution in [0.2, 0.25) is 0 Å². The SMILES string of the molecule is CCC(CC)C(=O)N=C1S[C@H]2CS(=O)(=O)C[C@H]2N1Cc1ccccc1. The third-order valence-electron chi connectivity index (χ3n) is 4.91. The van der Waals surface area contributed by atoms with E-state index in [0.717, 1.165) is 18.4 Å². The lowest BCUT2D eigenvalue weighted by Crippen LogP contribution is -2.37. The summed E-state index contributed by atoms with van der Waals surface area (Å²) in [6.45, 7) is 4.58. The van der Waals surface area contributed by atoms with Crippen molar-refractivity contribution in [3.05, 3.63) is 35.9 Å². The standard InChI is InChI=1S/C18H24N2O3S2/c1-3-14(4-2)17(21)19-18-20(10-13-8-6-5-7-9-13)15-11-25(22,23)12-16(15)24-18/h5-9,14-16H,3-4,10-12H2,1-2H3/t15-,16+/m1/s1. The Morgan fingerprint density at radius 2 is 1.92 bits per heavy atom. The minimum atomic E-state index is -3.01. The molecule has 0 N–H and O–H groups in total. The number of rotatable bonds is 5. The van der Waals surface area contributed by atoms with Gasteiger partial charge < -0.3 is 4.90 Å². The van der Waals surface area contributed by atoms with Crippen molar-refractivity contribution in [2.45, 2.75) is 44.5 Å². The van der Waals surface area contributed by atoms with Crippen LogP contribution in [0.3, 0.4) is 0 Å². The summed E-state index contributed by atoms with van der Waals surface area (Å²) in [7, 11) is -3.01.